The van der Waals surface area contributed by atoms with E-state index in [2.05, 4.69) is 30.3 Å². The molecule has 1 unspecified atom stereocenters. The molecule has 4 fully saturated rings. The molecule has 5 rings (SSSR count). The second-order valence-electron chi connectivity index (χ2n) is 7.67. The third-order valence-corrected chi connectivity index (χ3v) is 6.25. The average molecular weight is 265 g/mol. The van der Waals surface area contributed by atoms with Crippen LogP contribution in [0.15, 0.2) is 24.3 Å². The number of benzene rings is 1. The Hall–Kier alpha value is -1.29. The first-order chi connectivity index (χ1) is 9.68. The van der Waals surface area contributed by atoms with Crippen LogP contribution in [0.5, 0.6) is 0 Å². The van der Waals surface area contributed by atoms with Gasteiger partial charge < -0.3 is 0 Å². The Labute approximate surface area is 122 Å². The van der Waals surface area contributed by atoms with Crippen LogP contribution >= 0.6 is 0 Å². The van der Waals surface area contributed by atoms with Gasteiger partial charge in [-0.3, -0.25) is 0 Å². The highest BCUT2D eigenvalue weighted by atomic mass is 14.6. The Balaban J connectivity index is 1.66. The number of rotatable bonds is 2. The first kappa shape index (κ1) is 12.5. The molecule has 0 N–H and O–H groups in total. The SMILES string of the molecule is CC(C#N)c1ccc(C23CC4CC(CC(C4)C2)C3)cc1. The van der Waals surface area contributed by atoms with E-state index in [9.17, 15) is 0 Å². The summed E-state index contributed by atoms with van der Waals surface area (Å²) in [7, 11) is 0. The van der Waals surface area contributed by atoms with Crippen LogP contribution in [0.25, 0.3) is 0 Å². The zero-order chi connectivity index (χ0) is 13.7. The smallest absolute Gasteiger partial charge is 0.0700 e. The molecule has 1 nitrogen and oxygen atoms in total. The van der Waals surface area contributed by atoms with Crippen molar-refractivity contribution in [2.75, 3.05) is 0 Å². The number of hydrogen-bond donors (Lipinski definition) is 0. The van der Waals surface area contributed by atoms with Crippen LogP contribution in [0.4, 0.5) is 0 Å². The summed E-state index contributed by atoms with van der Waals surface area (Å²) in [5.41, 5.74) is 3.22. The van der Waals surface area contributed by atoms with Crippen molar-refractivity contribution in [2.24, 2.45) is 17.8 Å². The van der Waals surface area contributed by atoms with Gasteiger partial charge in [-0.25, -0.2) is 0 Å². The topological polar surface area (TPSA) is 23.8 Å². The van der Waals surface area contributed by atoms with E-state index in [-0.39, 0.29) is 5.92 Å². The predicted octanol–water partition coefficient (Wildman–Crippen LogP) is 4.78. The molecule has 4 aliphatic rings. The van der Waals surface area contributed by atoms with Gasteiger partial charge >= 0.3 is 0 Å². The van der Waals surface area contributed by atoms with E-state index in [0.717, 1.165) is 17.8 Å². The van der Waals surface area contributed by atoms with Gasteiger partial charge in [0, 0.05) is 0 Å². The molecule has 104 valence electrons. The summed E-state index contributed by atoms with van der Waals surface area (Å²) < 4.78 is 0. The summed E-state index contributed by atoms with van der Waals surface area (Å²) in [6.07, 6.45) is 8.78. The molecule has 0 aliphatic heterocycles. The number of hydrogen-bond acceptors (Lipinski definition) is 1. The lowest BCUT2D eigenvalue weighted by Gasteiger charge is -2.57. The van der Waals surface area contributed by atoms with Crippen LogP contribution in [0.3, 0.4) is 0 Å². The van der Waals surface area contributed by atoms with E-state index in [1.807, 2.05) is 6.92 Å². The van der Waals surface area contributed by atoms with Crippen molar-refractivity contribution in [3.05, 3.63) is 35.4 Å². The quantitative estimate of drug-likeness (QED) is 0.754. The zero-order valence-electron chi connectivity index (χ0n) is 12.3. The lowest BCUT2D eigenvalue weighted by atomic mass is 9.48. The summed E-state index contributed by atoms with van der Waals surface area (Å²) in [6.45, 7) is 1.99. The lowest BCUT2D eigenvalue weighted by Crippen LogP contribution is -2.48. The van der Waals surface area contributed by atoms with Crippen LogP contribution in [0, 0.1) is 29.1 Å². The van der Waals surface area contributed by atoms with Crippen molar-refractivity contribution in [2.45, 2.75) is 56.8 Å². The fourth-order valence-corrected chi connectivity index (χ4v) is 5.66. The van der Waals surface area contributed by atoms with Crippen molar-refractivity contribution in [1.82, 2.24) is 0 Å². The molecule has 1 heteroatoms. The van der Waals surface area contributed by atoms with Crippen molar-refractivity contribution in [3.63, 3.8) is 0 Å². The molecule has 4 saturated carbocycles. The van der Waals surface area contributed by atoms with Gasteiger partial charge in [0.1, 0.15) is 0 Å². The summed E-state index contributed by atoms with van der Waals surface area (Å²) in [4.78, 5) is 0. The van der Waals surface area contributed by atoms with Gasteiger partial charge in [-0.2, -0.15) is 5.26 Å². The minimum atomic E-state index is 0.0143. The predicted molar refractivity (Wildman–Crippen MR) is 80.3 cm³/mol. The molecule has 0 radical (unpaired) electrons. The van der Waals surface area contributed by atoms with E-state index >= 15 is 0 Å². The van der Waals surface area contributed by atoms with E-state index < -0.39 is 0 Å². The van der Waals surface area contributed by atoms with Crippen LogP contribution in [0.2, 0.25) is 0 Å². The molecule has 4 bridgehead atoms. The highest BCUT2D eigenvalue weighted by Crippen LogP contribution is 2.60. The third kappa shape index (κ3) is 1.81. The van der Waals surface area contributed by atoms with E-state index in [0.29, 0.717) is 5.41 Å². The molecule has 1 atom stereocenters. The van der Waals surface area contributed by atoms with Crippen LogP contribution in [0.1, 0.15) is 62.5 Å². The molecular formula is C19H23N. The third-order valence-electron chi connectivity index (χ3n) is 6.25. The second-order valence-corrected chi connectivity index (χ2v) is 7.67. The highest BCUT2D eigenvalue weighted by molar-refractivity contribution is 5.34. The maximum Gasteiger partial charge on any atom is 0.0700 e. The second kappa shape index (κ2) is 4.35. The van der Waals surface area contributed by atoms with Gasteiger partial charge in [-0.15, -0.1) is 0 Å². The fraction of sp³-hybridized carbons (Fsp3) is 0.632. The Kier molecular flexibility index (Phi) is 2.71. The van der Waals surface area contributed by atoms with E-state index in [1.165, 1.54) is 44.1 Å². The van der Waals surface area contributed by atoms with E-state index in [1.54, 1.807) is 5.56 Å². The van der Waals surface area contributed by atoms with Crippen LogP contribution in [-0.2, 0) is 5.41 Å². The molecule has 1 aromatic rings. The molecule has 0 saturated heterocycles. The molecule has 0 heterocycles. The maximum atomic E-state index is 9.04. The van der Waals surface area contributed by atoms with Crippen molar-refractivity contribution < 1.29 is 0 Å². The Bertz CT molecular complexity index is 513. The molecular weight excluding hydrogens is 242 g/mol. The minimum Gasteiger partial charge on any atom is -0.198 e. The zero-order valence-corrected chi connectivity index (χ0v) is 12.3. The normalized spacial score (nSPS) is 39.5. The average Bonchev–Trinajstić information content (AvgIpc) is 2.45. The highest BCUT2D eigenvalue weighted by Gasteiger charge is 2.51. The van der Waals surface area contributed by atoms with Crippen molar-refractivity contribution in [3.8, 4) is 6.07 Å². The van der Waals surface area contributed by atoms with Gasteiger partial charge in [-0.1, -0.05) is 24.3 Å². The summed E-state index contributed by atoms with van der Waals surface area (Å²) in [5.74, 6) is 3.01. The molecule has 0 amide bonds. The van der Waals surface area contributed by atoms with Crippen molar-refractivity contribution >= 4 is 0 Å². The number of nitrogens with zero attached hydrogens (tertiary/aromatic N) is 1. The molecule has 4 aliphatic carbocycles. The first-order valence-corrected chi connectivity index (χ1v) is 8.18. The van der Waals surface area contributed by atoms with Crippen LogP contribution in [-0.4, -0.2) is 0 Å². The van der Waals surface area contributed by atoms with Gasteiger partial charge in [0.2, 0.25) is 0 Å². The van der Waals surface area contributed by atoms with Gasteiger partial charge in [0.25, 0.3) is 0 Å². The Morgan fingerprint density at radius 3 is 1.95 bits per heavy atom. The molecule has 1 aromatic carbocycles. The molecule has 20 heavy (non-hydrogen) atoms. The van der Waals surface area contributed by atoms with Gasteiger partial charge in [0.15, 0.2) is 0 Å². The van der Waals surface area contributed by atoms with Gasteiger partial charge in [-0.05, 0) is 79.7 Å². The molecule has 0 spiro atoms. The minimum absolute atomic E-state index is 0.0143. The summed E-state index contributed by atoms with van der Waals surface area (Å²) >= 11 is 0. The summed E-state index contributed by atoms with van der Waals surface area (Å²) in [5, 5.41) is 9.04. The largest absolute Gasteiger partial charge is 0.198 e. The van der Waals surface area contributed by atoms with Crippen LogP contribution < -0.4 is 0 Å². The Morgan fingerprint density at radius 1 is 1.00 bits per heavy atom. The van der Waals surface area contributed by atoms with Gasteiger partial charge in [0.05, 0.1) is 12.0 Å². The monoisotopic (exact) mass is 265 g/mol. The Morgan fingerprint density at radius 2 is 1.50 bits per heavy atom. The first-order valence-electron chi connectivity index (χ1n) is 8.18. The fourth-order valence-electron chi connectivity index (χ4n) is 5.66. The lowest BCUT2D eigenvalue weighted by molar-refractivity contribution is -0.00519. The maximum absolute atomic E-state index is 9.04. The standard InChI is InChI=1S/C19H23N/c1-13(12-20)17-2-4-18(5-3-17)19-9-14-6-15(10-19)8-16(7-14)11-19/h2-5,13-16H,6-11H2,1H3. The van der Waals surface area contributed by atoms with E-state index in [4.69, 9.17) is 5.26 Å². The number of nitriles is 1. The van der Waals surface area contributed by atoms with Crippen molar-refractivity contribution in [1.29, 1.82) is 5.26 Å². The molecule has 0 aromatic heterocycles. The summed E-state index contributed by atoms with van der Waals surface area (Å²) in [6, 6.07) is 11.4.